The highest BCUT2D eigenvalue weighted by Crippen LogP contribution is 2.33. The average molecular weight is 477 g/mol. The maximum Gasteiger partial charge on any atom is 0.284 e. The van der Waals surface area contributed by atoms with Crippen LogP contribution in [-0.4, -0.2) is 59.4 Å². The van der Waals surface area contributed by atoms with Crippen molar-refractivity contribution in [1.82, 2.24) is 19.8 Å². The SMILES string of the molecule is Cc1nn(C)c(Cl)c1/C=C/C(=O)N1CCCN1C(=O)c1scc(S(C)(=O)=O)c1Cl. The van der Waals surface area contributed by atoms with E-state index in [2.05, 4.69) is 5.10 Å². The number of hydrazine groups is 1. The van der Waals surface area contributed by atoms with Gasteiger partial charge in [0.25, 0.3) is 11.8 Å². The molecular formula is C17H18Cl2N4O4S2. The van der Waals surface area contributed by atoms with E-state index in [0.29, 0.717) is 35.9 Å². The molecule has 12 heteroatoms. The molecule has 0 N–H and O–H groups in total. The minimum Gasteiger partial charge on any atom is -0.268 e. The lowest BCUT2D eigenvalue weighted by Crippen LogP contribution is -2.44. The summed E-state index contributed by atoms with van der Waals surface area (Å²) in [5, 5.41) is 8.40. The number of halogens is 2. The molecule has 2 aromatic rings. The number of thiophene rings is 1. The zero-order chi connectivity index (χ0) is 21.5. The highest BCUT2D eigenvalue weighted by molar-refractivity contribution is 7.91. The first-order valence-electron chi connectivity index (χ1n) is 8.50. The largest absolute Gasteiger partial charge is 0.284 e. The Morgan fingerprint density at radius 2 is 1.90 bits per heavy atom. The molecule has 0 aliphatic carbocycles. The molecule has 1 aliphatic heterocycles. The first-order valence-corrected chi connectivity index (χ1v) is 12.0. The van der Waals surface area contributed by atoms with Crippen molar-refractivity contribution in [1.29, 1.82) is 0 Å². The Labute approximate surface area is 182 Å². The van der Waals surface area contributed by atoms with E-state index in [0.717, 1.165) is 17.6 Å². The zero-order valence-corrected chi connectivity index (χ0v) is 19.0. The summed E-state index contributed by atoms with van der Waals surface area (Å²) in [5.74, 6) is -0.907. The Bertz CT molecular complexity index is 1120. The lowest BCUT2D eigenvalue weighted by Gasteiger charge is -2.26. The van der Waals surface area contributed by atoms with Crippen molar-refractivity contribution in [2.75, 3.05) is 19.3 Å². The van der Waals surface area contributed by atoms with Crippen LogP contribution in [0.5, 0.6) is 0 Å². The van der Waals surface area contributed by atoms with Crippen LogP contribution in [0.3, 0.4) is 0 Å². The highest BCUT2D eigenvalue weighted by Gasteiger charge is 2.33. The molecular weight excluding hydrogens is 459 g/mol. The average Bonchev–Trinajstić information content (AvgIpc) is 3.32. The molecule has 1 fully saturated rings. The lowest BCUT2D eigenvalue weighted by molar-refractivity contribution is -0.134. The fourth-order valence-electron chi connectivity index (χ4n) is 2.97. The van der Waals surface area contributed by atoms with Gasteiger partial charge in [-0.15, -0.1) is 11.3 Å². The van der Waals surface area contributed by atoms with E-state index in [9.17, 15) is 18.0 Å². The number of hydrogen-bond donors (Lipinski definition) is 0. The van der Waals surface area contributed by atoms with Gasteiger partial charge in [0.1, 0.15) is 10.0 Å². The number of aryl methyl sites for hydroxylation is 2. The van der Waals surface area contributed by atoms with Crippen molar-refractivity contribution in [3.8, 4) is 0 Å². The topological polar surface area (TPSA) is 92.6 Å². The smallest absolute Gasteiger partial charge is 0.268 e. The van der Waals surface area contributed by atoms with Crippen molar-refractivity contribution in [2.45, 2.75) is 18.2 Å². The third kappa shape index (κ3) is 4.20. The summed E-state index contributed by atoms with van der Waals surface area (Å²) in [5.41, 5.74) is 1.30. The Hall–Kier alpha value is -1.88. The summed E-state index contributed by atoms with van der Waals surface area (Å²) >= 11 is 13.2. The molecule has 0 bridgehead atoms. The summed E-state index contributed by atoms with van der Waals surface area (Å²) in [4.78, 5) is 25.6. The molecule has 0 radical (unpaired) electrons. The Morgan fingerprint density at radius 1 is 1.24 bits per heavy atom. The lowest BCUT2D eigenvalue weighted by atomic mass is 10.2. The summed E-state index contributed by atoms with van der Waals surface area (Å²) in [6, 6.07) is 0. The Kier molecular flexibility index (Phi) is 6.09. The van der Waals surface area contributed by atoms with Gasteiger partial charge in [-0.1, -0.05) is 23.2 Å². The number of amides is 2. The first kappa shape index (κ1) is 21.8. The maximum atomic E-state index is 12.9. The third-order valence-electron chi connectivity index (χ3n) is 4.40. The quantitative estimate of drug-likeness (QED) is 0.632. The molecule has 0 unspecified atom stereocenters. The molecule has 1 aliphatic rings. The van der Waals surface area contributed by atoms with E-state index >= 15 is 0 Å². The number of nitrogens with zero attached hydrogens (tertiary/aromatic N) is 4. The van der Waals surface area contributed by atoms with Gasteiger partial charge >= 0.3 is 0 Å². The molecule has 0 aromatic carbocycles. The van der Waals surface area contributed by atoms with Gasteiger partial charge in [-0.25, -0.2) is 18.4 Å². The maximum absolute atomic E-state index is 12.9. The van der Waals surface area contributed by atoms with Gasteiger partial charge in [-0.3, -0.25) is 14.3 Å². The summed E-state index contributed by atoms with van der Waals surface area (Å²) in [6.07, 6.45) is 4.52. The predicted octanol–water partition coefficient (Wildman–Crippen LogP) is 2.80. The zero-order valence-electron chi connectivity index (χ0n) is 15.8. The normalized spacial score (nSPS) is 14.9. The Morgan fingerprint density at radius 3 is 2.45 bits per heavy atom. The van der Waals surface area contributed by atoms with Crippen LogP contribution in [0.15, 0.2) is 16.4 Å². The van der Waals surface area contributed by atoms with E-state index in [-0.39, 0.29) is 14.8 Å². The standard InChI is InChI=1S/C17H18Cl2N4O4S2/c1-10-11(16(19)21(2)20-10)5-6-13(24)22-7-4-8-23(22)17(25)15-14(18)12(9-28-15)29(3,26)27/h5-6,9H,4,7-8H2,1-3H3/b6-5+. The van der Waals surface area contributed by atoms with Crippen LogP contribution in [0.25, 0.3) is 6.08 Å². The van der Waals surface area contributed by atoms with Gasteiger partial charge in [0, 0.05) is 43.4 Å². The molecule has 2 aromatic heterocycles. The van der Waals surface area contributed by atoms with Crippen LogP contribution in [0.1, 0.15) is 27.3 Å². The van der Waals surface area contributed by atoms with E-state index in [1.807, 2.05) is 0 Å². The first-order chi connectivity index (χ1) is 13.5. The number of sulfone groups is 1. The monoisotopic (exact) mass is 476 g/mol. The van der Waals surface area contributed by atoms with Gasteiger partial charge in [-0.05, 0) is 19.4 Å². The second-order valence-corrected chi connectivity index (χ2v) is 10.1. The third-order valence-corrected chi connectivity index (χ3v) is 7.71. The van der Waals surface area contributed by atoms with Gasteiger partial charge in [0.2, 0.25) is 0 Å². The van der Waals surface area contributed by atoms with Crippen LogP contribution in [-0.2, 0) is 21.7 Å². The molecule has 0 saturated carbocycles. The molecule has 2 amide bonds. The predicted molar refractivity (Wildman–Crippen MR) is 112 cm³/mol. The van der Waals surface area contributed by atoms with E-state index in [1.54, 1.807) is 20.0 Å². The number of hydrogen-bond acceptors (Lipinski definition) is 6. The number of aromatic nitrogens is 2. The van der Waals surface area contributed by atoms with Crippen molar-refractivity contribution in [3.63, 3.8) is 0 Å². The second kappa shape index (κ2) is 8.10. The molecule has 1 saturated heterocycles. The molecule has 0 atom stereocenters. The van der Waals surface area contributed by atoms with Crippen molar-refractivity contribution < 1.29 is 18.0 Å². The van der Waals surface area contributed by atoms with Gasteiger partial charge < -0.3 is 0 Å². The number of carbonyl (C=O) groups excluding carboxylic acids is 2. The molecule has 29 heavy (non-hydrogen) atoms. The fourth-order valence-corrected chi connectivity index (χ4v) is 6.06. The summed E-state index contributed by atoms with van der Waals surface area (Å²) < 4.78 is 25.0. The molecule has 0 spiro atoms. The van der Waals surface area contributed by atoms with Crippen LogP contribution in [0.4, 0.5) is 0 Å². The van der Waals surface area contributed by atoms with Crippen molar-refractivity contribution in [2.24, 2.45) is 7.05 Å². The van der Waals surface area contributed by atoms with Crippen LogP contribution < -0.4 is 0 Å². The minimum atomic E-state index is -3.55. The Balaban J connectivity index is 1.83. The summed E-state index contributed by atoms with van der Waals surface area (Å²) in [6.45, 7) is 2.46. The van der Waals surface area contributed by atoms with Crippen molar-refractivity contribution in [3.05, 3.63) is 37.8 Å². The van der Waals surface area contributed by atoms with E-state index in [1.165, 1.54) is 26.2 Å². The fraction of sp³-hybridized carbons (Fsp3) is 0.353. The van der Waals surface area contributed by atoms with Crippen LogP contribution >= 0.6 is 34.5 Å². The van der Waals surface area contributed by atoms with Crippen LogP contribution in [0.2, 0.25) is 10.2 Å². The number of rotatable bonds is 4. The molecule has 156 valence electrons. The van der Waals surface area contributed by atoms with E-state index in [4.69, 9.17) is 23.2 Å². The molecule has 3 heterocycles. The van der Waals surface area contributed by atoms with Crippen LogP contribution in [0, 0.1) is 6.92 Å². The summed E-state index contributed by atoms with van der Waals surface area (Å²) in [7, 11) is -1.85. The molecule has 8 nitrogen and oxygen atoms in total. The molecule has 3 rings (SSSR count). The van der Waals surface area contributed by atoms with E-state index < -0.39 is 21.7 Å². The second-order valence-electron chi connectivity index (χ2n) is 6.51. The minimum absolute atomic E-state index is 0.0851. The van der Waals surface area contributed by atoms with Gasteiger partial charge in [0.05, 0.1) is 15.6 Å². The van der Waals surface area contributed by atoms with Gasteiger partial charge in [0.15, 0.2) is 9.84 Å². The highest BCUT2D eigenvalue weighted by atomic mass is 35.5. The number of carbonyl (C=O) groups is 2. The van der Waals surface area contributed by atoms with Crippen molar-refractivity contribution >= 4 is 62.3 Å². The van der Waals surface area contributed by atoms with Gasteiger partial charge in [-0.2, -0.15) is 5.10 Å².